The Morgan fingerprint density at radius 2 is 1.72 bits per heavy atom. The van der Waals surface area contributed by atoms with Crippen molar-refractivity contribution in [2.75, 3.05) is 7.11 Å². The number of phenolic OH excluding ortho intramolecular Hbond substituents is 1. The second kappa shape index (κ2) is 9.37. The first kappa shape index (κ1) is 18.4. The molecule has 5 nitrogen and oxygen atoms in total. The van der Waals surface area contributed by atoms with Crippen LogP contribution in [0.1, 0.15) is 25.0 Å². The summed E-state index contributed by atoms with van der Waals surface area (Å²) in [6, 6.07) is 15.5. The van der Waals surface area contributed by atoms with E-state index in [0.717, 1.165) is 29.5 Å². The minimum atomic E-state index is 0.437. The Morgan fingerprint density at radius 3 is 2.32 bits per heavy atom. The zero-order valence-electron chi connectivity index (χ0n) is 14.8. The first-order chi connectivity index (χ1) is 12.2. The van der Waals surface area contributed by atoms with Gasteiger partial charge < -0.3 is 9.84 Å². The molecule has 0 saturated heterocycles. The first-order valence-electron chi connectivity index (χ1n) is 8.28. The quantitative estimate of drug-likeness (QED) is 0.777. The predicted octanol–water partition coefficient (Wildman–Crippen LogP) is 4.06. The Labute approximate surface area is 148 Å². The molecule has 1 aromatic heterocycles. The van der Waals surface area contributed by atoms with E-state index in [1.165, 1.54) is 5.56 Å². The summed E-state index contributed by atoms with van der Waals surface area (Å²) in [6.45, 7) is 4.17. The van der Waals surface area contributed by atoms with Gasteiger partial charge in [-0.1, -0.05) is 61.4 Å². The number of hydrogen-bond acceptors (Lipinski definition) is 5. The monoisotopic (exact) mass is 337 g/mol. The van der Waals surface area contributed by atoms with Gasteiger partial charge in [-0.2, -0.15) is 0 Å². The highest BCUT2D eigenvalue weighted by molar-refractivity contribution is 5.66. The number of nitrogens with zero attached hydrogens (tertiary/aromatic N) is 3. The SMILES string of the molecule is CCc1cccc(O)c1CC.COc1nnncc1-c1ccccc1. The van der Waals surface area contributed by atoms with E-state index in [0.29, 0.717) is 11.6 Å². The van der Waals surface area contributed by atoms with Crippen LogP contribution in [0, 0.1) is 0 Å². The maximum Gasteiger partial charge on any atom is 0.244 e. The Kier molecular flexibility index (Phi) is 6.89. The van der Waals surface area contributed by atoms with E-state index in [-0.39, 0.29) is 0 Å². The summed E-state index contributed by atoms with van der Waals surface area (Å²) in [7, 11) is 1.57. The summed E-state index contributed by atoms with van der Waals surface area (Å²) in [5.41, 5.74) is 4.22. The predicted molar refractivity (Wildman–Crippen MR) is 98.7 cm³/mol. The number of methoxy groups -OCH3 is 1. The Hall–Kier alpha value is -2.95. The molecule has 0 aliphatic carbocycles. The lowest BCUT2D eigenvalue weighted by atomic mass is 10.0. The molecular formula is C20H23N3O2. The van der Waals surface area contributed by atoms with Crippen molar-refractivity contribution >= 4 is 0 Å². The van der Waals surface area contributed by atoms with Crippen molar-refractivity contribution in [2.45, 2.75) is 26.7 Å². The number of aromatic hydroxyl groups is 1. The van der Waals surface area contributed by atoms with Crippen molar-refractivity contribution in [1.82, 2.24) is 15.4 Å². The van der Waals surface area contributed by atoms with E-state index >= 15 is 0 Å². The number of phenols is 1. The lowest BCUT2D eigenvalue weighted by Gasteiger charge is -2.06. The van der Waals surface area contributed by atoms with Crippen LogP contribution in [0.25, 0.3) is 11.1 Å². The molecule has 3 aromatic rings. The van der Waals surface area contributed by atoms with E-state index in [9.17, 15) is 5.11 Å². The van der Waals surface area contributed by atoms with Crippen molar-refractivity contribution in [1.29, 1.82) is 0 Å². The van der Waals surface area contributed by atoms with Crippen LogP contribution in [-0.2, 0) is 12.8 Å². The zero-order chi connectivity index (χ0) is 18.1. The molecule has 25 heavy (non-hydrogen) atoms. The third-order valence-corrected chi connectivity index (χ3v) is 3.87. The number of rotatable bonds is 4. The molecular weight excluding hydrogens is 314 g/mol. The highest BCUT2D eigenvalue weighted by Crippen LogP contribution is 2.25. The molecule has 5 heteroatoms. The highest BCUT2D eigenvalue weighted by Gasteiger charge is 2.06. The fourth-order valence-electron chi connectivity index (χ4n) is 2.59. The van der Waals surface area contributed by atoms with Gasteiger partial charge in [0, 0.05) is 0 Å². The largest absolute Gasteiger partial charge is 0.508 e. The van der Waals surface area contributed by atoms with Crippen LogP contribution >= 0.6 is 0 Å². The summed E-state index contributed by atoms with van der Waals surface area (Å²) in [5, 5.41) is 20.5. The van der Waals surface area contributed by atoms with Crippen molar-refractivity contribution in [3.05, 3.63) is 65.9 Å². The highest BCUT2D eigenvalue weighted by atomic mass is 16.5. The molecule has 1 heterocycles. The number of aryl methyl sites for hydroxylation is 1. The van der Waals surface area contributed by atoms with Gasteiger partial charge in [-0.05, 0) is 40.8 Å². The van der Waals surface area contributed by atoms with Gasteiger partial charge in [0.05, 0.1) is 18.9 Å². The molecule has 0 aliphatic heterocycles. The van der Waals surface area contributed by atoms with Gasteiger partial charge in [-0.15, -0.1) is 5.10 Å². The molecule has 0 fully saturated rings. The van der Waals surface area contributed by atoms with E-state index in [4.69, 9.17) is 4.74 Å². The Morgan fingerprint density at radius 1 is 0.960 bits per heavy atom. The smallest absolute Gasteiger partial charge is 0.244 e. The van der Waals surface area contributed by atoms with Crippen LogP contribution < -0.4 is 4.74 Å². The molecule has 0 saturated carbocycles. The normalized spacial score (nSPS) is 9.88. The number of benzene rings is 2. The standard InChI is InChI=1S/C10H9N3O.C10H14O/c1-14-10-9(7-11-13-12-10)8-5-3-2-4-6-8;1-3-8-6-5-7-10(11)9(8)4-2/h2-7H,1H3;5-7,11H,3-4H2,1-2H3. The van der Waals surface area contributed by atoms with Gasteiger partial charge in [0.1, 0.15) is 5.75 Å². The van der Waals surface area contributed by atoms with Crippen molar-refractivity contribution in [3.8, 4) is 22.8 Å². The maximum atomic E-state index is 9.42. The number of aromatic nitrogens is 3. The number of hydrogen-bond donors (Lipinski definition) is 1. The van der Waals surface area contributed by atoms with Gasteiger partial charge in [-0.25, -0.2) is 0 Å². The van der Waals surface area contributed by atoms with Crippen LogP contribution in [0.4, 0.5) is 0 Å². The third-order valence-electron chi connectivity index (χ3n) is 3.87. The summed E-state index contributed by atoms with van der Waals surface area (Å²) < 4.78 is 5.09. The fourth-order valence-corrected chi connectivity index (χ4v) is 2.59. The van der Waals surface area contributed by atoms with E-state index in [2.05, 4.69) is 35.3 Å². The van der Waals surface area contributed by atoms with Crippen molar-refractivity contribution < 1.29 is 9.84 Å². The van der Waals surface area contributed by atoms with Gasteiger partial charge in [-0.3, -0.25) is 0 Å². The average molecular weight is 337 g/mol. The first-order valence-corrected chi connectivity index (χ1v) is 8.28. The van der Waals surface area contributed by atoms with Crippen LogP contribution in [0.3, 0.4) is 0 Å². The summed E-state index contributed by atoms with van der Waals surface area (Å²) in [4.78, 5) is 0. The topological polar surface area (TPSA) is 68.1 Å². The van der Waals surface area contributed by atoms with Gasteiger partial charge in [0.15, 0.2) is 0 Å². The van der Waals surface area contributed by atoms with E-state index in [1.807, 2.05) is 36.4 Å². The minimum Gasteiger partial charge on any atom is -0.508 e. The van der Waals surface area contributed by atoms with E-state index in [1.54, 1.807) is 19.4 Å². The van der Waals surface area contributed by atoms with Gasteiger partial charge >= 0.3 is 0 Å². The van der Waals surface area contributed by atoms with Crippen LogP contribution in [0.2, 0.25) is 0 Å². The molecule has 0 atom stereocenters. The molecule has 1 N–H and O–H groups in total. The Bertz CT molecular complexity index is 792. The molecule has 0 amide bonds. The molecule has 0 bridgehead atoms. The fraction of sp³-hybridized carbons (Fsp3) is 0.250. The van der Waals surface area contributed by atoms with Crippen LogP contribution in [0.15, 0.2) is 54.7 Å². The average Bonchev–Trinajstić information content (AvgIpc) is 2.68. The van der Waals surface area contributed by atoms with Gasteiger partial charge in [0.2, 0.25) is 5.88 Å². The molecule has 130 valence electrons. The second-order valence-corrected chi connectivity index (χ2v) is 5.34. The molecule has 0 radical (unpaired) electrons. The van der Waals surface area contributed by atoms with Crippen molar-refractivity contribution in [2.24, 2.45) is 0 Å². The van der Waals surface area contributed by atoms with Gasteiger partial charge in [0.25, 0.3) is 0 Å². The van der Waals surface area contributed by atoms with Crippen LogP contribution in [-0.4, -0.2) is 27.6 Å². The lowest BCUT2D eigenvalue weighted by Crippen LogP contribution is -1.95. The summed E-state index contributed by atoms with van der Waals surface area (Å²) >= 11 is 0. The third kappa shape index (κ3) is 4.76. The maximum absolute atomic E-state index is 9.42. The Balaban J connectivity index is 0.000000186. The molecule has 0 spiro atoms. The summed E-state index contributed by atoms with van der Waals surface area (Å²) in [5.74, 6) is 0.929. The van der Waals surface area contributed by atoms with E-state index < -0.39 is 0 Å². The molecule has 3 rings (SSSR count). The minimum absolute atomic E-state index is 0.437. The zero-order valence-corrected chi connectivity index (χ0v) is 14.8. The van der Waals surface area contributed by atoms with Crippen molar-refractivity contribution in [3.63, 3.8) is 0 Å². The molecule has 0 unspecified atom stereocenters. The molecule has 2 aromatic carbocycles. The summed E-state index contributed by atoms with van der Waals surface area (Å²) in [6.07, 6.45) is 3.55. The molecule has 0 aliphatic rings. The number of ether oxygens (including phenoxy) is 1. The lowest BCUT2D eigenvalue weighted by molar-refractivity contribution is 0.390. The second-order valence-electron chi connectivity index (χ2n) is 5.34. The van der Waals surface area contributed by atoms with Crippen LogP contribution in [0.5, 0.6) is 11.6 Å².